The van der Waals surface area contributed by atoms with Crippen molar-refractivity contribution in [3.63, 3.8) is 0 Å². The molecule has 1 unspecified atom stereocenters. The quantitative estimate of drug-likeness (QED) is 0.808. The zero-order valence-corrected chi connectivity index (χ0v) is 15.2. The molecule has 0 bridgehead atoms. The lowest BCUT2D eigenvalue weighted by molar-refractivity contribution is -0.132. The third kappa shape index (κ3) is 4.23. The van der Waals surface area contributed by atoms with E-state index in [0.717, 1.165) is 38.1 Å². The molecule has 1 fully saturated rings. The van der Waals surface area contributed by atoms with Gasteiger partial charge in [-0.25, -0.2) is 4.98 Å². The Morgan fingerprint density at radius 1 is 1.19 bits per heavy atom. The molecule has 1 aromatic rings. The van der Waals surface area contributed by atoms with Crippen LogP contribution in [0.4, 0.5) is 0 Å². The van der Waals surface area contributed by atoms with Crippen LogP contribution in [0.2, 0.25) is 0 Å². The van der Waals surface area contributed by atoms with Gasteiger partial charge in [-0.1, -0.05) is 0 Å². The van der Waals surface area contributed by atoms with Crippen LogP contribution in [0.5, 0.6) is 0 Å². The number of nitrogens with zero attached hydrogens (tertiary/aromatic N) is 5. The van der Waals surface area contributed by atoms with Crippen LogP contribution >= 0.6 is 0 Å². The number of likely N-dealkylation sites (tertiary alicyclic amines) is 1. The second kappa shape index (κ2) is 8.82. The average Bonchev–Trinajstić information content (AvgIpc) is 3.27. The zero-order valence-electron chi connectivity index (χ0n) is 15.2. The first-order chi connectivity index (χ1) is 12.7. The lowest BCUT2D eigenvalue weighted by Gasteiger charge is -2.27. The van der Waals surface area contributed by atoms with Gasteiger partial charge in [-0.05, 0) is 45.1 Å². The molecule has 2 heterocycles. The van der Waals surface area contributed by atoms with Gasteiger partial charge in [0.25, 0.3) is 0 Å². The maximum absolute atomic E-state index is 12.7. The average molecular weight is 354 g/mol. The molecule has 0 saturated carbocycles. The van der Waals surface area contributed by atoms with Gasteiger partial charge in [0.1, 0.15) is 5.82 Å². The third-order valence-electron chi connectivity index (χ3n) is 5.33. The summed E-state index contributed by atoms with van der Waals surface area (Å²) in [6.45, 7) is 1.99. The lowest BCUT2D eigenvalue weighted by atomic mass is 10.0. The van der Waals surface area contributed by atoms with E-state index >= 15 is 0 Å². The number of amides is 1. The highest BCUT2D eigenvalue weighted by Crippen LogP contribution is 2.32. The van der Waals surface area contributed by atoms with E-state index in [-0.39, 0.29) is 11.9 Å². The van der Waals surface area contributed by atoms with Gasteiger partial charge in [0.15, 0.2) is 0 Å². The molecule has 0 spiro atoms. The fourth-order valence-electron chi connectivity index (χ4n) is 3.96. The molecule has 1 aliphatic heterocycles. The van der Waals surface area contributed by atoms with Crippen LogP contribution in [-0.2, 0) is 17.6 Å². The fraction of sp³-hybridized carbons (Fsp3) is 0.684. The van der Waals surface area contributed by atoms with Crippen LogP contribution in [0.25, 0.3) is 0 Å². The normalized spacial score (nSPS) is 19.5. The van der Waals surface area contributed by atoms with Crippen molar-refractivity contribution in [2.24, 2.45) is 0 Å². The first-order valence-corrected chi connectivity index (χ1v) is 9.56. The number of aromatic nitrogens is 2. The van der Waals surface area contributed by atoms with E-state index < -0.39 is 0 Å². The Morgan fingerprint density at radius 3 is 2.62 bits per heavy atom. The number of carbonyl (C=O) groups excluding carboxylic acids is 1. The Labute approximate surface area is 154 Å². The first-order valence-electron chi connectivity index (χ1n) is 9.56. The Bertz CT molecular complexity index is 671. The van der Waals surface area contributed by atoms with Gasteiger partial charge in [-0.2, -0.15) is 10.5 Å². The lowest BCUT2D eigenvalue weighted by Crippen LogP contribution is -2.41. The second-order valence-electron chi connectivity index (χ2n) is 7.08. The number of imidazole rings is 1. The van der Waals surface area contributed by atoms with Crippen LogP contribution in [0.3, 0.4) is 0 Å². The molecule has 1 amide bonds. The minimum atomic E-state index is -0.00119. The van der Waals surface area contributed by atoms with Gasteiger partial charge in [-0.15, -0.1) is 0 Å². The van der Waals surface area contributed by atoms with E-state index in [9.17, 15) is 4.79 Å². The van der Waals surface area contributed by atoms with Crippen LogP contribution in [-0.4, -0.2) is 51.9 Å². The minimum absolute atomic E-state index is 0.00119. The number of nitriles is 2. The molecule has 1 saturated heterocycles. The van der Waals surface area contributed by atoms with Gasteiger partial charge in [-0.3, -0.25) is 9.69 Å². The maximum Gasteiger partial charge on any atom is 0.236 e. The molecule has 0 aromatic carbocycles. The maximum atomic E-state index is 12.7. The van der Waals surface area contributed by atoms with Gasteiger partial charge in [0.2, 0.25) is 5.91 Å². The number of fused-ring (bicyclic) bond motifs is 1. The molecule has 7 heteroatoms. The predicted molar refractivity (Wildman–Crippen MR) is 95.8 cm³/mol. The number of hydrogen-bond donors (Lipinski definition) is 1. The highest BCUT2D eigenvalue weighted by atomic mass is 16.2. The van der Waals surface area contributed by atoms with Crippen molar-refractivity contribution < 1.29 is 4.79 Å². The molecule has 138 valence electrons. The Balaban J connectivity index is 1.65. The number of aromatic amines is 1. The van der Waals surface area contributed by atoms with E-state index in [0.29, 0.717) is 32.5 Å². The topological polar surface area (TPSA) is 99.8 Å². The SMILES string of the molecule is N#CCCN(CCC#N)C(=O)CN1CCCC1c1nc2c([nH]1)CCCC2. The number of hydrogen-bond acceptors (Lipinski definition) is 5. The summed E-state index contributed by atoms with van der Waals surface area (Å²) in [4.78, 5) is 24.9. The summed E-state index contributed by atoms with van der Waals surface area (Å²) in [6, 6.07) is 4.33. The first kappa shape index (κ1) is 18.4. The van der Waals surface area contributed by atoms with Gasteiger partial charge in [0.05, 0.1) is 43.3 Å². The highest BCUT2D eigenvalue weighted by molar-refractivity contribution is 5.78. The van der Waals surface area contributed by atoms with Crippen molar-refractivity contribution in [2.45, 2.75) is 57.4 Å². The predicted octanol–water partition coefficient (Wildman–Crippen LogP) is 2.08. The summed E-state index contributed by atoms with van der Waals surface area (Å²) >= 11 is 0. The molecule has 1 aliphatic carbocycles. The van der Waals surface area contributed by atoms with E-state index in [1.165, 1.54) is 24.2 Å². The Morgan fingerprint density at radius 2 is 1.92 bits per heavy atom. The van der Waals surface area contributed by atoms with Crippen molar-refractivity contribution in [1.29, 1.82) is 10.5 Å². The molecule has 26 heavy (non-hydrogen) atoms. The summed E-state index contributed by atoms with van der Waals surface area (Å²) in [5.41, 5.74) is 2.48. The smallest absolute Gasteiger partial charge is 0.236 e. The van der Waals surface area contributed by atoms with E-state index in [4.69, 9.17) is 15.5 Å². The summed E-state index contributed by atoms with van der Waals surface area (Å²) in [5, 5.41) is 17.6. The number of carbonyl (C=O) groups is 1. The number of nitrogens with one attached hydrogen (secondary N) is 1. The van der Waals surface area contributed by atoms with Crippen molar-refractivity contribution in [2.75, 3.05) is 26.2 Å². The molecule has 1 N–H and O–H groups in total. The largest absolute Gasteiger partial charge is 0.344 e. The molecular formula is C19H26N6O. The molecule has 7 nitrogen and oxygen atoms in total. The van der Waals surface area contributed by atoms with Crippen LogP contribution < -0.4 is 0 Å². The third-order valence-corrected chi connectivity index (χ3v) is 5.33. The highest BCUT2D eigenvalue weighted by Gasteiger charge is 2.31. The van der Waals surface area contributed by atoms with E-state index in [1.54, 1.807) is 4.90 Å². The number of rotatable bonds is 7. The molecular weight excluding hydrogens is 328 g/mol. The monoisotopic (exact) mass is 354 g/mol. The molecule has 3 rings (SSSR count). The number of H-pyrrole nitrogens is 1. The van der Waals surface area contributed by atoms with Crippen molar-refractivity contribution in [3.05, 3.63) is 17.2 Å². The summed E-state index contributed by atoms with van der Waals surface area (Å²) in [6.07, 6.45) is 7.20. The second-order valence-corrected chi connectivity index (χ2v) is 7.08. The summed E-state index contributed by atoms with van der Waals surface area (Å²) < 4.78 is 0. The van der Waals surface area contributed by atoms with Gasteiger partial charge in [0, 0.05) is 18.8 Å². The number of aryl methyl sites for hydroxylation is 2. The molecule has 0 radical (unpaired) electrons. The van der Waals surface area contributed by atoms with Crippen molar-refractivity contribution in [3.8, 4) is 12.1 Å². The Hall–Kier alpha value is -2.38. The van der Waals surface area contributed by atoms with Crippen LogP contribution in [0.1, 0.15) is 61.8 Å². The van der Waals surface area contributed by atoms with Crippen LogP contribution in [0, 0.1) is 22.7 Å². The van der Waals surface area contributed by atoms with Crippen molar-refractivity contribution >= 4 is 5.91 Å². The summed E-state index contributed by atoms with van der Waals surface area (Å²) in [7, 11) is 0. The van der Waals surface area contributed by atoms with E-state index in [2.05, 4.69) is 22.0 Å². The molecule has 1 aromatic heterocycles. The van der Waals surface area contributed by atoms with Gasteiger partial charge >= 0.3 is 0 Å². The van der Waals surface area contributed by atoms with Crippen molar-refractivity contribution in [1.82, 2.24) is 19.8 Å². The van der Waals surface area contributed by atoms with Gasteiger partial charge < -0.3 is 9.88 Å². The summed E-state index contributed by atoms with van der Waals surface area (Å²) in [5.74, 6) is 1.00. The van der Waals surface area contributed by atoms with E-state index in [1.807, 2.05) is 0 Å². The zero-order chi connectivity index (χ0) is 18.4. The molecule has 2 aliphatic rings. The van der Waals surface area contributed by atoms with Crippen LogP contribution in [0.15, 0.2) is 0 Å². The Kier molecular flexibility index (Phi) is 6.25. The fourth-order valence-corrected chi connectivity index (χ4v) is 3.96. The standard InChI is InChI=1S/C19H26N6O/c20-9-4-12-24(13-5-10-21)18(26)14-25-11-3-8-17(25)19-22-15-6-1-2-7-16(15)23-19/h17H,1-8,11-14H2,(H,22,23). The minimum Gasteiger partial charge on any atom is -0.344 e. The molecule has 1 atom stereocenters.